The maximum Gasteiger partial charge on any atom is 0.416 e. The SMILES string of the molecule is CN=C(NCc1ccc(C(F)(F)F)cc1)NCc1coc(-c2ccc(C)cc2)n1.I. The predicted octanol–water partition coefficient (Wildman–Crippen LogP) is 5.15. The monoisotopic (exact) mass is 530 g/mol. The molecule has 0 spiro atoms. The smallest absolute Gasteiger partial charge is 0.416 e. The molecule has 0 aliphatic rings. The van der Waals surface area contributed by atoms with Crippen LogP contribution in [0.4, 0.5) is 13.2 Å². The molecular formula is C21H22F3IN4O. The third kappa shape index (κ3) is 6.48. The van der Waals surface area contributed by atoms with Crippen LogP contribution < -0.4 is 10.6 Å². The molecule has 30 heavy (non-hydrogen) atoms. The molecule has 3 rings (SSSR count). The Hall–Kier alpha value is -2.56. The van der Waals surface area contributed by atoms with Crippen molar-refractivity contribution in [2.75, 3.05) is 7.05 Å². The molecule has 2 aromatic carbocycles. The molecule has 160 valence electrons. The van der Waals surface area contributed by atoms with E-state index in [2.05, 4.69) is 20.6 Å². The van der Waals surface area contributed by atoms with Crippen molar-refractivity contribution in [3.05, 3.63) is 77.2 Å². The zero-order valence-corrected chi connectivity index (χ0v) is 18.8. The Morgan fingerprint density at radius 1 is 1.00 bits per heavy atom. The third-order valence-corrected chi connectivity index (χ3v) is 4.25. The van der Waals surface area contributed by atoms with Crippen LogP contribution in [0.3, 0.4) is 0 Å². The Morgan fingerprint density at radius 2 is 1.63 bits per heavy atom. The molecule has 2 N–H and O–H groups in total. The number of hydrogen-bond acceptors (Lipinski definition) is 3. The van der Waals surface area contributed by atoms with E-state index in [1.165, 1.54) is 12.1 Å². The summed E-state index contributed by atoms with van der Waals surface area (Å²) in [4.78, 5) is 8.55. The molecular weight excluding hydrogens is 508 g/mol. The molecule has 0 aliphatic heterocycles. The fourth-order valence-corrected chi connectivity index (χ4v) is 2.61. The predicted molar refractivity (Wildman–Crippen MR) is 121 cm³/mol. The second-order valence-corrected chi connectivity index (χ2v) is 6.48. The van der Waals surface area contributed by atoms with Crippen molar-refractivity contribution in [3.63, 3.8) is 0 Å². The van der Waals surface area contributed by atoms with Crippen molar-refractivity contribution in [1.29, 1.82) is 0 Å². The number of nitrogens with zero attached hydrogens (tertiary/aromatic N) is 2. The van der Waals surface area contributed by atoms with Gasteiger partial charge in [0.05, 0.1) is 17.8 Å². The van der Waals surface area contributed by atoms with Crippen LogP contribution in [-0.4, -0.2) is 18.0 Å². The molecule has 1 heterocycles. The van der Waals surface area contributed by atoms with Gasteiger partial charge in [-0.1, -0.05) is 29.8 Å². The maximum absolute atomic E-state index is 12.6. The van der Waals surface area contributed by atoms with Gasteiger partial charge >= 0.3 is 6.18 Å². The summed E-state index contributed by atoms with van der Waals surface area (Å²) in [6.45, 7) is 2.74. The van der Waals surface area contributed by atoms with Crippen LogP contribution in [0.1, 0.15) is 22.4 Å². The normalized spacial score (nSPS) is 11.7. The summed E-state index contributed by atoms with van der Waals surface area (Å²) in [6, 6.07) is 12.9. The molecule has 0 radical (unpaired) electrons. The number of aromatic nitrogens is 1. The Bertz CT molecular complexity index is 967. The standard InChI is InChI=1S/C21H21F3N4O.HI/c1-14-3-7-16(8-4-14)19-28-18(13-29-19)12-27-20(25-2)26-11-15-5-9-17(10-6-15)21(22,23)24;/h3-10,13H,11-12H2,1-2H3,(H2,25,26,27);1H. The first kappa shape index (κ1) is 23.7. The quantitative estimate of drug-likeness (QED) is 0.272. The highest BCUT2D eigenvalue weighted by Crippen LogP contribution is 2.29. The van der Waals surface area contributed by atoms with Crippen LogP contribution in [0.15, 0.2) is 64.2 Å². The van der Waals surface area contributed by atoms with E-state index >= 15 is 0 Å². The minimum Gasteiger partial charge on any atom is -0.444 e. The highest BCUT2D eigenvalue weighted by molar-refractivity contribution is 14.0. The minimum atomic E-state index is -4.33. The molecule has 9 heteroatoms. The second kappa shape index (κ2) is 10.5. The minimum absolute atomic E-state index is 0. The molecule has 1 aromatic heterocycles. The molecule has 0 saturated carbocycles. The molecule has 0 amide bonds. The zero-order valence-electron chi connectivity index (χ0n) is 16.5. The fourth-order valence-electron chi connectivity index (χ4n) is 2.61. The number of guanidine groups is 1. The average Bonchev–Trinajstić information content (AvgIpc) is 3.17. The van der Waals surface area contributed by atoms with Crippen molar-refractivity contribution in [1.82, 2.24) is 15.6 Å². The van der Waals surface area contributed by atoms with Crippen molar-refractivity contribution in [3.8, 4) is 11.5 Å². The summed E-state index contributed by atoms with van der Waals surface area (Å²) in [6.07, 6.45) is -2.76. The van der Waals surface area contributed by atoms with E-state index in [0.29, 0.717) is 36.2 Å². The van der Waals surface area contributed by atoms with Crippen LogP contribution in [0.2, 0.25) is 0 Å². The van der Waals surface area contributed by atoms with Gasteiger partial charge in [0.15, 0.2) is 5.96 Å². The van der Waals surface area contributed by atoms with Crippen LogP contribution in [-0.2, 0) is 19.3 Å². The van der Waals surface area contributed by atoms with Gasteiger partial charge in [0.2, 0.25) is 5.89 Å². The number of halogens is 4. The topological polar surface area (TPSA) is 62.5 Å². The largest absolute Gasteiger partial charge is 0.444 e. The number of aryl methyl sites for hydroxylation is 1. The molecule has 0 unspecified atom stereocenters. The summed E-state index contributed by atoms with van der Waals surface area (Å²) in [5, 5.41) is 6.16. The van der Waals surface area contributed by atoms with E-state index in [-0.39, 0.29) is 24.0 Å². The number of benzene rings is 2. The first-order valence-electron chi connectivity index (χ1n) is 8.97. The van der Waals surface area contributed by atoms with Gasteiger partial charge in [-0.25, -0.2) is 4.98 Å². The van der Waals surface area contributed by atoms with Gasteiger partial charge in [0.25, 0.3) is 0 Å². The van der Waals surface area contributed by atoms with E-state index in [4.69, 9.17) is 4.42 Å². The van der Waals surface area contributed by atoms with Gasteiger partial charge < -0.3 is 15.1 Å². The lowest BCUT2D eigenvalue weighted by Gasteiger charge is -2.12. The number of nitrogens with one attached hydrogen (secondary N) is 2. The lowest BCUT2D eigenvalue weighted by Crippen LogP contribution is -2.36. The first-order valence-corrected chi connectivity index (χ1v) is 8.97. The molecule has 3 aromatic rings. The van der Waals surface area contributed by atoms with Crippen LogP contribution in [0.5, 0.6) is 0 Å². The van der Waals surface area contributed by atoms with Crippen molar-refractivity contribution < 1.29 is 17.6 Å². The Balaban J connectivity index is 0.00000320. The molecule has 0 fully saturated rings. The van der Waals surface area contributed by atoms with Gasteiger partial charge in [0, 0.05) is 19.2 Å². The van der Waals surface area contributed by atoms with E-state index in [1.54, 1.807) is 13.3 Å². The number of alkyl halides is 3. The number of rotatable bonds is 5. The van der Waals surface area contributed by atoms with Crippen molar-refractivity contribution >= 4 is 29.9 Å². The number of oxazole rings is 1. The number of hydrogen-bond donors (Lipinski definition) is 2. The van der Waals surface area contributed by atoms with Gasteiger partial charge in [-0.2, -0.15) is 13.2 Å². The number of aliphatic imine (C=N–C) groups is 1. The van der Waals surface area contributed by atoms with Gasteiger partial charge in [0.1, 0.15) is 6.26 Å². The van der Waals surface area contributed by atoms with E-state index in [9.17, 15) is 13.2 Å². The van der Waals surface area contributed by atoms with Crippen molar-refractivity contribution in [2.45, 2.75) is 26.2 Å². The first-order chi connectivity index (χ1) is 13.8. The molecule has 0 atom stereocenters. The summed E-state index contributed by atoms with van der Waals surface area (Å²) in [7, 11) is 1.61. The molecule has 0 bridgehead atoms. The summed E-state index contributed by atoms with van der Waals surface area (Å²) in [5.41, 5.74) is 2.80. The Labute approximate surface area is 189 Å². The van der Waals surface area contributed by atoms with Crippen molar-refractivity contribution in [2.24, 2.45) is 4.99 Å². The molecule has 5 nitrogen and oxygen atoms in total. The molecule has 0 aliphatic carbocycles. The summed E-state index contributed by atoms with van der Waals surface area (Å²) >= 11 is 0. The highest BCUT2D eigenvalue weighted by Gasteiger charge is 2.29. The average molecular weight is 530 g/mol. The Morgan fingerprint density at radius 3 is 2.23 bits per heavy atom. The van der Waals surface area contributed by atoms with Gasteiger partial charge in [-0.05, 0) is 36.8 Å². The van der Waals surface area contributed by atoms with Crippen LogP contribution in [0, 0.1) is 6.92 Å². The van der Waals surface area contributed by atoms with Crippen LogP contribution in [0.25, 0.3) is 11.5 Å². The summed E-state index contributed by atoms with van der Waals surface area (Å²) < 4.78 is 43.4. The van der Waals surface area contributed by atoms with Gasteiger partial charge in [-0.15, -0.1) is 24.0 Å². The summed E-state index contributed by atoms with van der Waals surface area (Å²) in [5.74, 6) is 1.04. The van der Waals surface area contributed by atoms with Crippen LogP contribution >= 0.6 is 24.0 Å². The highest BCUT2D eigenvalue weighted by atomic mass is 127. The van der Waals surface area contributed by atoms with E-state index < -0.39 is 11.7 Å². The lowest BCUT2D eigenvalue weighted by atomic mass is 10.1. The zero-order chi connectivity index (χ0) is 20.9. The third-order valence-electron chi connectivity index (χ3n) is 4.25. The van der Waals surface area contributed by atoms with Gasteiger partial charge in [-0.3, -0.25) is 4.99 Å². The Kier molecular flexibility index (Phi) is 8.27. The molecule has 0 saturated heterocycles. The lowest BCUT2D eigenvalue weighted by molar-refractivity contribution is -0.137. The van der Waals surface area contributed by atoms with E-state index in [0.717, 1.165) is 23.3 Å². The second-order valence-electron chi connectivity index (χ2n) is 6.48. The maximum atomic E-state index is 12.6. The van der Waals surface area contributed by atoms with E-state index in [1.807, 2.05) is 31.2 Å². The fraction of sp³-hybridized carbons (Fsp3) is 0.238.